The van der Waals surface area contributed by atoms with Gasteiger partial charge < -0.3 is 4.74 Å². The van der Waals surface area contributed by atoms with Crippen molar-refractivity contribution in [3.05, 3.63) is 0 Å². The fourth-order valence-electron chi connectivity index (χ4n) is 1.60. The Hall–Kier alpha value is 1.12. The average Bonchev–Trinajstić information content (AvgIpc) is 2.32. The van der Waals surface area contributed by atoms with Crippen molar-refractivity contribution < 1.29 is 4.74 Å². The fraction of sp³-hybridized carbons (Fsp3) is 1.00. The van der Waals surface area contributed by atoms with Crippen molar-refractivity contribution in [2.24, 2.45) is 0 Å². The molecule has 0 radical (unpaired) electrons. The minimum absolute atomic E-state index is 0.194. The van der Waals surface area contributed by atoms with Crippen molar-refractivity contribution in [2.45, 2.75) is 78.4 Å². The SMILES string of the molecule is C1CCCCC1.CC(C)OC(C)C.ClCCl.ClCCl. The number of ether oxygens (including phenoxy) is 1. The van der Waals surface area contributed by atoms with Crippen molar-refractivity contribution in [3.63, 3.8) is 0 Å². The zero-order valence-corrected chi connectivity index (χ0v) is 15.8. The number of hydrogen-bond donors (Lipinski definition) is 0. The lowest BCUT2D eigenvalue weighted by Crippen LogP contribution is -2.09. The molecule has 1 rings (SSSR count). The van der Waals surface area contributed by atoms with Crippen molar-refractivity contribution in [2.75, 3.05) is 10.7 Å². The summed E-state index contributed by atoms with van der Waals surface area (Å²) in [7, 11) is 0. The highest BCUT2D eigenvalue weighted by atomic mass is 35.5. The van der Waals surface area contributed by atoms with Gasteiger partial charge in [-0.25, -0.2) is 0 Å². The van der Waals surface area contributed by atoms with E-state index >= 15 is 0 Å². The molecule has 5 heteroatoms. The van der Waals surface area contributed by atoms with Crippen molar-refractivity contribution in [3.8, 4) is 0 Å². The molecular weight excluding hydrogens is 326 g/mol. The van der Waals surface area contributed by atoms with Crippen molar-refractivity contribution in [1.82, 2.24) is 0 Å². The van der Waals surface area contributed by atoms with Gasteiger partial charge in [0, 0.05) is 0 Å². The lowest BCUT2D eigenvalue weighted by Gasteiger charge is -2.09. The summed E-state index contributed by atoms with van der Waals surface area (Å²) in [6.07, 6.45) is 9.75. The van der Waals surface area contributed by atoms with Gasteiger partial charge in [-0.2, -0.15) is 0 Å². The third-order valence-corrected chi connectivity index (χ3v) is 2.04. The third kappa shape index (κ3) is 45.3. The predicted octanol–water partition coefficient (Wildman–Crippen LogP) is 7.00. The Morgan fingerprint density at radius 2 is 0.789 bits per heavy atom. The molecule has 0 atom stereocenters. The second-order valence-electron chi connectivity index (χ2n) is 4.56. The maximum Gasteiger partial charge on any atom is 0.0967 e. The fourth-order valence-corrected chi connectivity index (χ4v) is 1.60. The zero-order valence-electron chi connectivity index (χ0n) is 12.7. The Balaban J connectivity index is -0.000000194. The molecule has 1 aliphatic carbocycles. The Labute approximate surface area is 140 Å². The van der Waals surface area contributed by atoms with E-state index in [1.807, 2.05) is 27.7 Å². The van der Waals surface area contributed by atoms with Gasteiger partial charge in [-0.05, 0) is 27.7 Å². The van der Waals surface area contributed by atoms with Gasteiger partial charge >= 0.3 is 0 Å². The molecular formula is C14H30Cl4O. The lowest BCUT2D eigenvalue weighted by molar-refractivity contribution is 0.0300. The molecule has 0 spiro atoms. The van der Waals surface area contributed by atoms with Crippen LogP contribution in [0.1, 0.15) is 66.2 Å². The van der Waals surface area contributed by atoms with Crippen LogP contribution in [0.3, 0.4) is 0 Å². The number of alkyl halides is 4. The Kier molecular flexibility index (Phi) is 31.9. The van der Waals surface area contributed by atoms with Crippen LogP contribution in [0.25, 0.3) is 0 Å². The van der Waals surface area contributed by atoms with E-state index in [1.54, 1.807) is 0 Å². The molecule has 0 aromatic carbocycles. The van der Waals surface area contributed by atoms with Gasteiger partial charge in [-0.3, -0.25) is 0 Å². The Bertz CT molecular complexity index is 109. The van der Waals surface area contributed by atoms with E-state index in [4.69, 9.17) is 51.1 Å². The van der Waals surface area contributed by atoms with E-state index in [0.29, 0.717) is 12.2 Å². The molecule has 0 unspecified atom stereocenters. The van der Waals surface area contributed by atoms with Crippen LogP contribution in [-0.4, -0.2) is 22.9 Å². The molecule has 1 aliphatic rings. The first kappa shape index (κ1) is 25.1. The summed E-state index contributed by atoms with van der Waals surface area (Å²) in [5, 5.41) is 0.389. The van der Waals surface area contributed by atoms with E-state index in [-0.39, 0.29) is 10.7 Å². The molecule has 0 heterocycles. The quantitative estimate of drug-likeness (QED) is 0.484. The largest absolute Gasteiger partial charge is 0.376 e. The number of halogens is 4. The average molecular weight is 356 g/mol. The second-order valence-corrected chi connectivity index (χ2v) is 6.17. The van der Waals surface area contributed by atoms with E-state index in [9.17, 15) is 0 Å². The molecule has 0 saturated heterocycles. The number of hydrogen-bond acceptors (Lipinski definition) is 1. The highest BCUT2D eigenvalue weighted by Crippen LogP contribution is 2.15. The Morgan fingerprint density at radius 1 is 0.632 bits per heavy atom. The van der Waals surface area contributed by atoms with E-state index in [0.717, 1.165) is 0 Å². The Morgan fingerprint density at radius 3 is 0.842 bits per heavy atom. The van der Waals surface area contributed by atoms with Crippen LogP contribution in [0, 0.1) is 0 Å². The summed E-state index contributed by atoms with van der Waals surface area (Å²) < 4.78 is 5.25. The molecule has 0 N–H and O–H groups in total. The summed E-state index contributed by atoms with van der Waals surface area (Å²) in [5.41, 5.74) is 0. The monoisotopic (exact) mass is 354 g/mol. The summed E-state index contributed by atoms with van der Waals surface area (Å²) in [5.74, 6) is 0. The van der Waals surface area contributed by atoms with Crippen LogP contribution >= 0.6 is 46.4 Å². The van der Waals surface area contributed by atoms with Crippen LogP contribution in [0.15, 0.2) is 0 Å². The normalized spacial score (nSPS) is 13.6. The van der Waals surface area contributed by atoms with Gasteiger partial charge in [0.25, 0.3) is 0 Å². The van der Waals surface area contributed by atoms with Gasteiger partial charge in [-0.1, -0.05) is 38.5 Å². The topological polar surface area (TPSA) is 9.23 Å². The molecule has 0 bridgehead atoms. The third-order valence-electron chi connectivity index (χ3n) is 2.04. The number of rotatable bonds is 2. The maximum absolute atomic E-state index is 5.25. The molecule has 1 saturated carbocycles. The van der Waals surface area contributed by atoms with Crippen LogP contribution in [-0.2, 0) is 4.74 Å². The summed E-state index contributed by atoms with van der Waals surface area (Å²) in [6.45, 7) is 8.17. The van der Waals surface area contributed by atoms with Gasteiger partial charge in [0.1, 0.15) is 0 Å². The molecule has 1 nitrogen and oxygen atoms in total. The summed E-state index contributed by atoms with van der Waals surface area (Å²) in [6, 6.07) is 0. The van der Waals surface area contributed by atoms with E-state index in [1.165, 1.54) is 38.5 Å². The van der Waals surface area contributed by atoms with Crippen LogP contribution < -0.4 is 0 Å². The van der Waals surface area contributed by atoms with Crippen LogP contribution in [0.4, 0.5) is 0 Å². The van der Waals surface area contributed by atoms with Crippen LogP contribution in [0.5, 0.6) is 0 Å². The molecule has 120 valence electrons. The molecule has 0 aromatic rings. The standard InChI is InChI=1S/C6H14O.C6H12.2CH2Cl2/c1-5(2)7-6(3)4;1-2-4-6-5-3-1;2*2-1-3/h5-6H,1-4H3;1-6H2;2*1H2. The van der Waals surface area contributed by atoms with Gasteiger partial charge in [0.05, 0.1) is 22.9 Å². The lowest BCUT2D eigenvalue weighted by atomic mass is 10.0. The molecule has 0 aliphatic heterocycles. The molecule has 0 amide bonds. The van der Waals surface area contributed by atoms with E-state index < -0.39 is 0 Å². The minimum Gasteiger partial charge on any atom is -0.376 e. The maximum atomic E-state index is 5.25. The first-order valence-electron chi connectivity index (χ1n) is 6.85. The first-order valence-corrected chi connectivity index (χ1v) is 8.99. The first-order chi connectivity index (χ1) is 8.95. The van der Waals surface area contributed by atoms with Gasteiger partial charge in [0.2, 0.25) is 0 Å². The van der Waals surface area contributed by atoms with Crippen molar-refractivity contribution in [1.29, 1.82) is 0 Å². The van der Waals surface area contributed by atoms with Gasteiger partial charge in [0.15, 0.2) is 0 Å². The minimum atomic E-state index is 0.194. The second kappa shape index (κ2) is 24.2. The van der Waals surface area contributed by atoms with Gasteiger partial charge in [-0.15, -0.1) is 46.4 Å². The smallest absolute Gasteiger partial charge is 0.0967 e. The van der Waals surface area contributed by atoms with E-state index in [2.05, 4.69) is 0 Å². The molecule has 1 fully saturated rings. The highest BCUT2D eigenvalue weighted by molar-refractivity contribution is 6.40. The highest BCUT2D eigenvalue weighted by Gasteiger charge is 1.95. The molecule has 19 heavy (non-hydrogen) atoms. The summed E-state index contributed by atoms with van der Waals surface area (Å²) >= 11 is 19.1. The zero-order chi connectivity index (χ0) is 15.5. The molecule has 0 aromatic heterocycles. The summed E-state index contributed by atoms with van der Waals surface area (Å²) in [4.78, 5) is 0. The predicted molar refractivity (Wildman–Crippen MR) is 92.2 cm³/mol. The van der Waals surface area contributed by atoms with Crippen molar-refractivity contribution >= 4 is 46.4 Å². The van der Waals surface area contributed by atoms with Crippen LogP contribution in [0.2, 0.25) is 0 Å².